The molecular weight excluding hydrogens is 312 g/mol. The lowest BCUT2D eigenvalue weighted by atomic mass is 9.88. The van der Waals surface area contributed by atoms with Crippen molar-refractivity contribution in [2.75, 3.05) is 6.61 Å². The van der Waals surface area contributed by atoms with E-state index in [2.05, 4.69) is 55.8 Å². The highest BCUT2D eigenvalue weighted by Crippen LogP contribution is 2.40. The molecule has 0 radical (unpaired) electrons. The molecule has 0 saturated carbocycles. The number of aryl methyl sites for hydroxylation is 3. The minimum absolute atomic E-state index is 0.318. The Labute approximate surface area is 132 Å². The van der Waals surface area contributed by atoms with Gasteiger partial charge in [-0.05, 0) is 53.9 Å². The average Bonchev–Trinajstić information content (AvgIpc) is 2.91. The molecule has 1 aromatic rings. The van der Waals surface area contributed by atoms with E-state index in [9.17, 15) is 0 Å². The Morgan fingerprint density at radius 3 is 2.15 bits per heavy atom. The van der Waals surface area contributed by atoms with Crippen molar-refractivity contribution in [2.24, 2.45) is 5.92 Å². The molecule has 2 rings (SSSR count). The van der Waals surface area contributed by atoms with Gasteiger partial charge in [-0.2, -0.15) is 0 Å². The molecule has 1 heterocycles. The molecule has 1 nitrogen and oxygen atoms in total. The summed E-state index contributed by atoms with van der Waals surface area (Å²) in [6.45, 7) is 9.97. The van der Waals surface area contributed by atoms with E-state index in [0.29, 0.717) is 16.8 Å². The monoisotopic (exact) mass is 338 g/mol. The normalized spacial score (nSPS) is 24.1. The average molecular weight is 339 g/mol. The number of ether oxygens (including phenoxy) is 1. The quantitative estimate of drug-likeness (QED) is 0.667. The maximum Gasteiger partial charge on any atom is 0.0767 e. The number of hydrogen-bond acceptors (Lipinski definition) is 1. The fraction of sp³-hybridized carbons (Fsp3) is 0.667. The molecule has 0 spiro atoms. The van der Waals surface area contributed by atoms with Crippen molar-refractivity contribution < 1.29 is 4.74 Å². The van der Waals surface area contributed by atoms with Crippen LogP contribution in [0.15, 0.2) is 12.1 Å². The minimum atomic E-state index is 0.318. The third-order valence-electron chi connectivity index (χ3n) is 4.59. The van der Waals surface area contributed by atoms with Gasteiger partial charge in [-0.25, -0.2) is 0 Å². The zero-order valence-electron chi connectivity index (χ0n) is 13.2. The van der Waals surface area contributed by atoms with Crippen LogP contribution in [0.2, 0.25) is 0 Å². The fourth-order valence-corrected chi connectivity index (χ4v) is 4.51. The Morgan fingerprint density at radius 1 is 1.15 bits per heavy atom. The van der Waals surface area contributed by atoms with Crippen molar-refractivity contribution >= 4 is 15.9 Å². The predicted molar refractivity (Wildman–Crippen MR) is 89.8 cm³/mol. The van der Waals surface area contributed by atoms with Crippen molar-refractivity contribution in [1.82, 2.24) is 0 Å². The summed E-state index contributed by atoms with van der Waals surface area (Å²) in [5, 5.41) is 0. The molecule has 1 aromatic carbocycles. The zero-order valence-corrected chi connectivity index (χ0v) is 14.8. The van der Waals surface area contributed by atoms with Gasteiger partial charge in [-0.1, -0.05) is 55.8 Å². The van der Waals surface area contributed by atoms with Crippen molar-refractivity contribution in [3.63, 3.8) is 0 Å². The summed E-state index contributed by atoms with van der Waals surface area (Å²) in [6.07, 6.45) is 4.81. The van der Waals surface area contributed by atoms with Crippen LogP contribution in [0.5, 0.6) is 0 Å². The minimum Gasteiger partial charge on any atom is -0.376 e. The van der Waals surface area contributed by atoms with E-state index in [4.69, 9.17) is 4.74 Å². The van der Waals surface area contributed by atoms with Gasteiger partial charge in [0.25, 0.3) is 0 Å². The zero-order chi connectivity index (χ0) is 14.7. The largest absolute Gasteiger partial charge is 0.376 e. The summed E-state index contributed by atoms with van der Waals surface area (Å²) >= 11 is 3.96. The van der Waals surface area contributed by atoms with Gasteiger partial charge in [-0.15, -0.1) is 0 Å². The first kappa shape index (κ1) is 16.0. The number of hydrogen-bond donors (Lipinski definition) is 0. The van der Waals surface area contributed by atoms with Crippen LogP contribution in [0.1, 0.15) is 61.2 Å². The molecule has 0 aromatic heterocycles. The van der Waals surface area contributed by atoms with Gasteiger partial charge in [0, 0.05) is 6.61 Å². The molecule has 1 aliphatic rings. The molecule has 3 unspecified atom stereocenters. The Balaban J connectivity index is 2.42. The van der Waals surface area contributed by atoms with Crippen molar-refractivity contribution in [3.8, 4) is 0 Å². The Morgan fingerprint density at radius 2 is 1.75 bits per heavy atom. The second-order valence-electron chi connectivity index (χ2n) is 5.89. The topological polar surface area (TPSA) is 9.23 Å². The molecule has 0 bridgehead atoms. The summed E-state index contributed by atoms with van der Waals surface area (Å²) in [7, 11) is 0. The van der Waals surface area contributed by atoms with Gasteiger partial charge < -0.3 is 4.74 Å². The summed E-state index contributed by atoms with van der Waals surface area (Å²) < 4.78 is 5.99. The van der Waals surface area contributed by atoms with Crippen molar-refractivity contribution in [3.05, 3.63) is 34.4 Å². The number of alkyl halides is 1. The van der Waals surface area contributed by atoms with Crippen LogP contribution in [0.4, 0.5) is 0 Å². The molecule has 0 N–H and O–H groups in total. The van der Waals surface area contributed by atoms with Crippen LogP contribution in [-0.4, -0.2) is 12.7 Å². The molecule has 1 aliphatic heterocycles. The molecule has 20 heavy (non-hydrogen) atoms. The van der Waals surface area contributed by atoms with E-state index >= 15 is 0 Å². The standard InChI is InChI=1S/C18H27BrO/c1-5-13-10-14(6-2)16(15(7-3)11-13)17(19)18-12(4)8-9-20-18/h10-12,17-18H,5-9H2,1-4H3. The van der Waals surface area contributed by atoms with Gasteiger partial charge in [-0.3, -0.25) is 0 Å². The van der Waals surface area contributed by atoms with E-state index in [1.807, 2.05) is 0 Å². The van der Waals surface area contributed by atoms with Gasteiger partial charge in [0.2, 0.25) is 0 Å². The summed E-state index contributed by atoms with van der Waals surface area (Å²) in [5.74, 6) is 0.639. The van der Waals surface area contributed by atoms with Gasteiger partial charge in [0.15, 0.2) is 0 Å². The third kappa shape index (κ3) is 3.12. The Kier molecular flexibility index (Phi) is 5.68. The third-order valence-corrected chi connectivity index (χ3v) is 5.57. The number of benzene rings is 1. The van der Waals surface area contributed by atoms with E-state index in [-0.39, 0.29) is 0 Å². The predicted octanol–water partition coefficient (Wildman–Crippen LogP) is 5.23. The van der Waals surface area contributed by atoms with Crippen molar-refractivity contribution in [2.45, 2.75) is 64.3 Å². The van der Waals surface area contributed by atoms with Crippen molar-refractivity contribution in [1.29, 1.82) is 0 Å². The smallest absolute Gasteiger partial charge is 0.0767 e. The Bertz CT molecular complexity index is 430. The highest BCUT2D eigenvalue weighted by atomic mass is 79.9. The second kappa shape index (κ2) is 7.09. The maximum atomic E-state index is 5.99. The van der Waals surface area contributed by atoms with E-state index in [1.165, 1.54) is 28.7 Å². The van der Waals surface area contributed by atoms with Gasteiger partial charge in [0.1, 0.15) is 0 Å². The fourth-order valence-electron chi connectivity index (χ4n) is 3.25. The van der Waals surface area contributed by atoms with Gasteiger partial charge in [0.05, 0.1) is 10.9 Å². The van der Waals surface area contributed by atoms with Crippen LogP contribution < -0.4 is 0 Å². The number of rotatable bonds is 5. The van der Waals surface area contributed by atoms with Crippen LogP contribution in [0, 0.1) is 5.92 Å². The first-order valence-corrected chi connectivity index (χ1v) is 8.94. The molecule has 3 atom stereocenters. The molecule has 0 aliphatic carbocycles. The van der Waals surface area contributed by atoms with E-state index < -0.39 is 0 Å². The van der Waals surface area contributed by atoms with Crippen LogP contribution in [0.3, 0.4) is 0 Å². The second-order valence-corrected chi connectivity index (χ2v) is 6.88. The van der Waals surface area contributed by atoms with Crippen LogP contribution in [0.25, 0.3) is 0 Å². The lowest BCUT2D eigenvalue weighted by Crippen LogP contribution is -2.21. The highest BCUT2D eigenvalue weighted by Gasteiger charge is 2.33. The van der Waals surface area contributed by atoms with E-state index in [0.717, 1.165) is 25.9 Å². The molecule has 1 fully saturated rings. The summed E-state index contributed by atoms with van der Waals surface area (Å²) in [5.41, 5.74) is 5.94. The number of halogens is 1. The lowest BCUT2D eigenvalue weighted by molar-refractivity contribution is 0.0931. The SMILES string of the molecule is CCc1cc(CC)c(C(Br)C2OCCC2C)c(CC)c1. The van der Waals surface area contributed by atoms with Crippen LogP contribution in [-0.2, 0) is 24.0 Å². The Hall–Kier alpha value is -0.340. The summed E-state index contributed by atoms with van der Waals surface area (Å²) in [6, 6.07) is 4.78. The lowest BCUT2D eigenvalue weighted by Gasteiger charge is -2.26. The molecule has 1 saturated heterocycles. The first-order valence-electron chi connectivity index (χ1n) is 8.02. The molecule has 2 heteroatoms. The molecule has 112 valence electrons. The molecular formula is C18H27BrO. The van der Waals surface area contributed by atoms with Gasteiger partial charge >= 0.3 is 0 Å². The first-order chi connectivity index (χ1) is 9.62. The van der Waals surface area contributed by atoms with E-state index in [1.54, 1.807) is 0 Å². The highest BCUT2D eigenvalue weighted by molar-refractivity contribution is 9.09. The van der Waals surface area contributed by atoms with Crippen LogP contribution >= 0.6 is 15.9 Å². The molecule has 0 amide bonds. The maximum absolute atomic E-state index is 5.99. The summed E-state index contributed by atoms with van der Waals surface area (Å²) in [4.78, 5) is 0.329.